The molecule has 0 aliphatic heterocycles. The van der Waals surface area contributed by atoms with Crippen LogP contribution >= 0.6 is 0 Å². The molecule has 0 heterocycles. The van der Waals surface area contributed by atoms with Gasteiger partial charge in [0.05, 0.1) is 0 Å². The van der Waals surface area contributed by atoms with E-state index in [-0.39, 0.29) is 5.41 Å². The van der Waals surface area contributed by atoms with E-state index in [0.717, 1.165) is 19.3 Å². The minimum atomic E-state index is -0.142. The topological polar surface area (TPSA) is 34.1 Å². The minimum absolute atomic E-state index is 0.142. The summed E-state index contributed by atoms with van der Waals surface area (Å²) in [6, 6.07) is 0. The van der Waals surface area contributed by atoms with Crippen LogP contribution in [0.2, 0.25) is 0 Å². The number of Topliss-reactive ketones (excluding diaryl/α,β-unsaturated/α-hetero) is 2. The van der Waals surface area contributed by atoms with Crippen molar-refractivity contribution in [3.63, 3.8) is 0 Å². The van der Waals surface area contributed by atoms with E-state index in [0.29, 0.717) is 36.2 Å². The van der Waals surface area contributed by atoms with Crippen LogP contribution in [0.3, 0.4) is 0 Å². The molecule has 0 amide bonds. The van der Waals surface area contributed by atoms with Crippen LogP contribution in [0.4, 0.5) is 0 Å². The van der Waals surface area contributed by atoms with Crippen molar-refractivity contribution in [1.29, 1.82) is 0 Å². The van der Waals surface area contributed by atoms with Crippen molar-refractivity contribution in [2.24, 2.45) is 17.3 Å². The van der Waals surface area contributed by atoms with Crippen LogP contribution in [0.5, 0.6) is 0 Å². The summed E-state index contributed by atoms with van der Waals surface area (Å²) in [4.78, 5) is 23.2. The molecule has 2 heteroatoms. The zero-order valence-electron chi connectivity index (χ0n) is 7.71. The van der Waals surface area contributed by atoms with E-state index in [1.807, 2.05) is 0 Å². The van der Waals surface area contributed by atoms with Gasteiger partial charge in [0.1, 0.15) is 11.6 Å². The third kappa shape index (κ3) is 0.749. The maximum atomic E-state index is 11.9. The Morgan fingerprint density at radius 3 is 2.69 bits per heavy atom. The number of carbonyl (C=O) groups is 2. The van der Waals surface area contributed by atoms with Gasteiger partial charge in [0.2, 0.25) is 0 Å². The molecular weight excluding hydrogens is 164 g/mol. The lowest BCUT2D eigenvalue weighted by Gasteiger charge is -2.26. The van der Waals surface area contributed by atoms with Crippen LogP contribution in [-0.4, -0.2) is 11.6 Å². The van der Waals surface area contributed by atoms with E-state index in [1.165, 1.54) is 6.42 Å². The van der Waals surface area contributed by atoms with Gasteiger partial charge in [0.15, 0.2) is 0 Å². The van der Waals surface area contributed by atoms with Crippen molar-refractivity contribution in [2.75, 3.05) is 0 Å². The Kier molecular flexibility index (Phi) is 1.32. The van der Waals surface area contributed by atoms with Crippen molar-refractivity contribution in [2.45, 2.75) is 38.5 Å². The number of ketones is 2. The number of hydrogen-bond acceptors (Lipinski definition) is 2. The summed E-state index contributed by atoms with van der Waals surface area (Å²) in [5.74, 6) is 1.74. The van der Waals surface area contributed by atoms with Gasteiger partial charge >= 0.3 is 0 Å². The van der Waals surface area contributed by atoms with Crippen LogP contribution in [0.25, 0.3) is 0 Å². The van der Waals surface area contributed by atoms with Crippen LogP contribution in [0.15, 0.2) is 0 Å². The van der Waals surface area contributed by atoms with E-state index >= 15 is 0 Å². The average molecular weight is 178 g/mol. The summed E-state index contributed by atoms with van der Waals surface area (Å²) in [6.45, 7) is 0. The Bertz CT molecular complexity index is 294. The SMILES string of the molecule is O=C1CC2CCC3CCC(=O)C32C1. The summed E-state index contributed by atoms with van der Waals surface area (Å²) >= 11 is 0. The van der Waals surface area contributed by atoms with Crippen LogP contribution in [0.1, 0.15) is 38.5 Å². The molecule has 1 spiro atoms. The van der Waals surface area contributed by atoms with E-state index in [2.05, 4.69) is 0 Å². The van der Waals surface area contributed by atoms with Crippen molar-refractivity contribution in [3.05, 3.63) is 0 Å². The summed E-state index contributed by atoms with van der Waals surface area (Å²) < 4.78 is 0. The van der Waals surface area contributed by atoms with Gasteiger partial charge in [-0.15, -0.1) is 0 Å². The lowest BCUT2D eigenvalue weighted by molar-refractivity contribution is -0.129. The molecule has 2 nitrogen and oxygen atoms in total. The minimum Gasteiger partial charge on any atom is -0.300 e. The zero-order chi connectivity index (χ0) is 9.05. The van der Waals surface area contributed by atoms with Gasteiger partial charge in [-0.2, -0.15) is 0 Å². The third-order valence-electron chi connectivity index (χ3n) is 4.52. The van der Waals surface area contributed by atoms with Crippen LogP contribution in [-0.2, 0) is 9.59 Å². The first-order chi connectivity index (χ1) is 6.23. The van der Waals surface area contributed by atoms with Gasteiger partial charge in [-0.05, 0) is 31.1 Å². The summed E-state index contributed by atoms with van der Waals surface area (Å²) in [5.41, 5.74) is -0.142. The quantitative estimate of drug-likeness (QED) is 0.566. The van der Waals surface area contributed by atoms with Crippen LogP contribution < -0.4 is 0 Å². The maximum Gasteiger partial charge on any atom is 0.140 e. The highest BCUT2D eigenvalue weighted by Gasteiger charge is 2.61. The molecule has 3 atom stereocenters. The van der Waals surface area contributed by atoms with Crippen molar-refractivity contribution < 1.29 is 9.59 Å². The first-order valence-corrected chi connectivity index (χ1v) is 5.28. The molecule has 3 rings (SSSR count). The molecule has 3 fully saturated rings. The predicted molar refractivity (Wildman–Crippen MR) is 47.1 cm³/mol. The fourth-order valence-electron chi connectivity index (χ4n) is 3.99. The highest BCUT2D eigenvalue weighted by molar-refractivity contribution is 5.96. The van der Waals surface area contributed by atoms with Gasteiger partial charge in [0.25, 0.3) is 0 Å². The van der Waals surface area contributed by atoms with Gasteiger partial charge < -0.3 is 0 Å². The Hall–Kier alpha value is -0.660. The molecule has 0 aromatic heterocycles. The molecule has 3 saturated carbocycles. The standard InChI is InChI=1S/C11H14O2/c12-9-5-8-2-1-7-3-4-10(13)11(7,8)6-9/h7-8H,1-6H2. The second kappa shape index (κ2) is 2.23. The molecule has 0 radical (unpaired) electrons. The Morgan fingerprint density at radius 1 is 1.08 bits per heavy atom. The Balaban J connectivity index is 2.07. The Morgan fingerprint density at radius 2 is 1.85 bits per heavy atom. The maximum absolute atomic E-state index is 11.9. The number of carbonyl (C=O) groups excluding carboxylic acids is 2. The summed E-state index contributed by atoms with van der Waals surface area (Å²) in [5, 5.41) is 0. The second-order valence-corrected chi connectivity index (χ2v) is 4.89. The molecule has 0 N–H and O–H groups in total. The largest absolute Gasteiger partial charge is 0.300 e. The van der Waals surface area contributed by atoms with Gasteiger partial charge in [-0.25, -0.2) is 0 Å². The fraction of sp³-hybridized carbons (Fsp3) is 0.818. The smallest absolute Gasteiger partial charge is 0.140 e. The van der Waals surface area contributed by atoms with Crippen LogP contribution in [0, 0.1) is 17.3 Å². The molecule has 0 saturated heterocycles. The van der Waals surface area contributed by atoms with Gasteiger partial charge in [-0.1, -0.05) is 0 Å². The predicted octanol–water partition coefficient (Wildman–Crippen LogP) is 1.72. The lowest BCUT2D eigenvalue weighted by Crippen LogP contribution is -2.30. The molecule has 3 unspecified atom stereocenters. The van der Waals surface area contributed by atoms with E-state index in [4.69, 9.17) is 0 Å². The molecule has 0 aromatic rings. The summed E-state index contributed by atoms with van der Waals surface area (Å²) in [7, 11) is 0. The molecule has 3 aliphatic rings. The normalized spacial score (nSPS) is 48.3. The lowest BCUT2D eigenvalue weighted by atomic mass is 9.75. The van der Waals surface area contributed by atoms with Crippen molar-refractivity contribution >= 4 is 11.6 Å². The first kappa shape index (κ1) is 7.72. The zero-order valence-corrected chi connectivity index (χ0v) is 7.71. The number of hydrogen-bond donors (Lipinski definition) is 0. The van der Waals surface area contributed by atoms with E-state index in [1.54, 1.807) is 0 Å². The fourth-order valence-corrected chi connectivity index (χ4v) is 3.99. The monoisotopic (exact) mass is 178 g/mol. The van der Waals surface area contributed by atoms with E-state index < -0.39 is 0 Å². The molecule has 0 aromatic carbocycles. The third-order valence-corrected chi connectivity index (χ3v) is 4.52. The van der Waals surface area contributed by atoms with Crippen molar-refractivity contribution in [1.82, 2.24) is 0 Å². The highest BCUT2D eigenvalue weighted by Crippen LogP contribution is 2.61. The average Bonchev–Trinajstić information content (AvgIpc) is 2.63. The first-order valence-electron chi connectivity index (χ1n) is 5.28. The molecule has 70 valence electrons. The van der Waals surface area contributed by atoms with Gasteiger partial charge in [0, 0.05) is 24.7 Å². The van der Waals surface area contributed by atoms with Gasteiger partial charge in [-0.3, -0.25) is 9.59 Å². The molecule has 0 bridgehead atoms. The molecular formula is C11H14O2. The van der Waals surface area contributed by atoms with Crippen molar-refractivity contribution in [3.8, 4) is 0 Å². The van der Waals surface area contributed by atoms with E-state index in [9.17, 15) is 9.59 Å². The Labute approximate surface area is 77.7 Å². The highest BCUT2D eigenvalue weighted by atomic mass is 16.1. The number of rotatable bonds is 0. The molecule has 13 heavy (non-hydrogen) atoms. The summed E-state index contributed by atoms with van der Waals surface area (Å²) in [6.07, 6.45) is 5.41. The second-order valence-electron chi connectivity index (χ2n) is 4.89. The molecule has 3 aliphatic carbocycles.